The normalized spacial score (nSPS) is 12.1. The van der Waals surface area contributed by atoms with Crippen LogP contribution in [0.4, 0.5) is 10.1 Å². The van der Waals surface area contributed by atoms with Crippen LogP contribution < -0.4 is 0 Å². The molecule has 1 heterocycles. The van der Waals surface area contributed by atoms with E-state index in [0.717, 1.165) is 11.8 Å². The Labute approximate surface area is 138 Å². The predicted octanol–water partition coefficient (Wildman–Crippen LogP) is 1.43. The molecule has 0 saturated heterocycles. The van der Waals surface area contributed by atoms with E-state index in [2.05, 4.69) is 11.0 Å². The molecule has 1 atom stereocenters. The van der Waals surface area contributed by atoms with Gasteiger partial charge in [0.05, 0.1) is 24.1 Å². The summed E-state index contributed by atoms with van der Waals surface area (Å²) in [6.45, 7) is 1.14. The van der Waals surface area contributed by atoms with Gasteiger partial charge in [-0.15, -0.1) is 6.42 Å². The van der Waals surface area contributed by atoms with E-state index in [1.807, 2.05) is 4.90 Å². The average molecular weight is 332 g/mol. The van der Waals surface area contributed by atoms with Gasteiger partial charge in [0.2, 0.25) is 0 Å². The van der Waals surface area contributed by atoms with Crippen LogP contribution in [-0.2, 0) is 13.1 Å². The molecule has 0 aliphatic carbocycles. The number of nitrogens with zero attached hydrogens (tertiary/aromatic N) is 4. The highest BCUT2D eigenvalue weighted by Gasteiger charge is 2.15. The lowest BCUT2D eigenvalue weighted by Crippen LogP contribution is -2.34. The lowest BCUT2D eigenvalue weighted by atomic mass is 10.2. The summed E-state index contributed by atoms with van der Waals surface area (Å²) in [4.78, 5) is 11.9. The fraction of sp³-hybridized carbons (Fsp3) is 0.312. The maximum atomic E-state index is 12.9. The third-order valence-corrected chi connectivity index (χ3v) is 3.33. The first-order valence-electron chi connectivity index (χ1n) is 7.23. The van der Waals surface area contributed by atoms with Gasteiger partial charge in [-0.3, -0.25) is 19.7 Å². The monoisotopic (exact) mass is 332 g/mol. The van der Waals surface area contributed by atoms with Crippen LogP contribution in [-0.4, -0.2) is 43.9 Å². The SMILES string of the molecule is C#CCN(Cc1ccc(F)cc1)CC(O)Cn1cc([N+](=O)[O-])cn1. The summed E-state index contributed by atoms with van der Waals surface area (Å²) in [5, 5.41) is 24.6. The Balaban J connectivity index is 1.94. The summed E-state index contributed by atoms with van der Waals surface area (Å²) in [6, 6.07) is 6.04. The second-order valence-electron chi connectivity index (χ2n) is 5.33. The first-order valence-corrected chi connectivity index (χ1v) is 7.23. The molecule has 2 aromatic rings. The van der Waals surface area contributed by atoms with Crippen LogP contribution in [0, 0.1) is 28.3 Å². The molecule has 0 amide bonds. The molecule has 8 heteroatoms. The average Bonchev–Trinajstić information content (AvgIpc) is 2.98. The third-order valence-electron chi connectivity index (χ3n) is 3.33. The molecule has 24 heavy (non-hydrogen) atoms. The lowest BCUT2D eigenvalue weighted by Gasteiger charge is -2.23. The first-order chi connectivity index (χ1) is 11.5. The van der Waals surface area contributed by atoms with Gasteiger partial charge in [-0.05, 0) is 17.7 Å². The smallest absolute Gasteiger partial charge is 0.306 e. The van der Waals surface area contributed by atoms with E-state index in [-0.39, 0.29) is 24.6 Å². The topological polar surface area (TPSA) is 84.4 Å². The Kier molecular flexibility index (Phi) is 6.01. The summed E-state index contributed by atoms with van der Waals surface area (Å²) in [6.07, 6.45) is 6.93. The number of benzene rings is 1. The molecule has 126 valence electrons. The standard InChI is InChI=1S/C16H17FN4O3/c1-2-7-19(9-13-3-5-14(17)6-4-13)11-16(22)12-20-10-15(8-18-20)21(23)24/h1,3-6,8,10,16,22H,7,9,11-12H2. The van der Waals surface area contributed by atoms with Crippen LogP contribution in [0.15, 0.2) is 36.7 Å². The number of hydrogen-bond acceptors (Lipinski definition) is 5. The summed E-state index contributed by atoms with van der Waals surface area (Å²) >= 11 is 0. The Morgan fingerprint density at radius 2 is 2.17 bits per heavy atom. The van der Waals surface area contributed by atoms with Gasteiger partial charge in [-0.25, -0.2) is 4.39 Å². The van der Waals surface area contributed by atoms with Crippen LogP contribution in [0.3, 0.4) is 0 Å². The van der Waals surface area contributed by atoms with Crippen LogP contribution >= 0.6 is 0 Å². The van der Waals surface area contributed by atoms with Gasteiger partial charge >= 0.3 is 5.69 Å². The van der Waals surface area contributed by atoms with Crippen LogP contribution in [0.2, 0.25) is 0 Å². The number of rotatable bonds is 8. The zero-order valence-corrected chi connectivity index (χ0v) is 12.9. The van der Waals surface area contributed by atoms with E-state index in [9.17, 15) is 19.6 Å². The molecular formula is C16H17FN4O3. The zero-order valence-electron chi connectivity index (χ0n) is 12.9. The van der Waals surface area contributed by atoms with Crippen molar-refractivity contribution in [2.75, 3.05) is 13.1 Å². The van der Waals surface area contributed by atoms with Gasteiger partial charge in [0.1, 0.15) is 18.2 Å². The molecule has 0 saturated carbocycles. The van der Waals surface area contributed by atoms with E-state index in [1.165, 1.54) is 23.0 Å². The van der Waals surface area contributed by atoms with Crippen LogP contribution in [0.5, 0.6) is 0 Å². The second kappa shape index (κ2) is 8.19. The highest BCUT2D eigenvalue weighted by atomic mass is 19.1. The van der Waals surface area contributed by atoms with Gasteiger partial charge in [-0.2, -0.15) is 5.10 Å². The van der Waals surface area contributed by atoms with Crippen molar-refractivity contribution in [3.05, 3.63) is 58.2 Å². The van der Waals surface area contributed by atoms with Crippen molar-refractivity contribution >= 4 is 5.69 Å². The Morgan fingerprint density at radius 3 is 2.75 bits per heavy atom. The summed E-state index contributed by atoms with van der Waals surface area (Å²) in [7, 11) is 0. The number of halogens is 1. The Bertz CT molecular complexity index is 724. The van der Waals surface area contributed by atoms with Crippen molar-refractivity contribution in [1.82, 2.24) is 14.7 Å². The molecule has 1 unspecified atom stereocenters. The predicted molar refractivity (Wildman–Crippen MR) is 85.4 cm³/mol. The molecule has 0 radical (unpaired) electrons. The van der Waals surface area contributed by atoms with E-state index >= 15 is 0 Å². The van der Waals surface area contributed by atoms with Gasteiger partial charge in [0.15, 0.2) is 0 Å². The number of aliphatic hydroxyl groups is 1. The Hall–Kier alpha value is -2.76. The van der Waals surface area contributed by atoms with Crippen molar-refractivity contribution in [3.63, 3.8) is 0 Å². The van der Waals surface area contributed by atoms with Crippen molar-refractivity contribution in [3.8, 4) is 12.3 Å². The van der Waals surface area contributed by atoms with Gasteiger partial charge in [0, 0.05) is 13.1 Å². The third kappa shape index (κ3) is 5.15. The molecule has 0 bridgehead atoms. The first kappa shape index (κ1) is 17.6. The molecule has 0 aliphatic heterocycles. The molecule has 7 nitrogen and oxygen atoms in total. The quantitative estimate of drug-likeness (QED) is 0.449. The van der Waals surface area contributed by atoms with Gasteiger partial charge in [-0.1, -0.05) is 18.1 Å². The van der Waals surface area contributed by atoms with Crippen molar-refractivity contribution in [1.29, 1.82) is 0 Å². The summed E-state index contributed by atoms with van der Waals surface area (Å²) < 4.78 is 14.3. The Morgan fingerprint density at radius 1 is 1.46 bits per heavy atom. The highest BCUT2D eigenvalue weighted by molar-refractivity contribution is 5.20. The fourth-order valence-electron chi connectivity index (χ4n) is 2.28. The number of aliphatic hydroxyl groups excluding tert-OH is 1. The minimum absolute atomic E-state index is 0.109. The minimum atomic E-state index is -0.807. The molecule has 1 N–H and O–H groups in total. The molecule has 1 aromatic carbocycles. The number of aromatic nitrogens is 2. The number of terminal acetylenes is 1. The van der Waals surface area contributed by atoms with Crippen molar-refractivity contribution < 1.29 is 14.4 Å². The number of nitro groups is 1. The second-order valence-corrected chi connectivity index (χ2v) is 5.33. The lowest BCUT2D eigenvalue weighted by molar-refractivity contribution is -0.385. The van der Waals surface area contributed by atoms with Crippen molar-refractivity contribution in [2.45, 2.75) is 19.2 Å². The molecule has 1 aromatic heterocycles. The molecule has 0 spiro atoms. The maximum Gasteiger partial charge on any atom is 0.306 e. The maximum absolute atomic E-state index is 12.9. The molecule has 0 aliphatic rings. The van der Waals surface area contributed by atoms with Gasteiger partial charge in [0.25, 0.3) is 0 Å². The van der Waals surface area contributed by atoms with Gasteiger partial charge < -0.3 is 5.11 Å². The van der Waals surface area contributed by atoms with Crippen LogP contribution in [0.1, 0.15) is 5.56 Å². The fourth-order valence-corrected chi connectivity index (χ4v) is 2.28. The number of hydrogen-bond donors (Lipinski definition) is 1. The molecular weight excluding hydrogens is 315 g/mol. The van der Waals surface area contributed by atoms with E-state index in [0.29, 0.717) is 13.1 Å². The van der Waals surface area contributed by atoms with Crippen LogP contribution in [0.25, 0.3) is 0 Å². The van der Waals surface area contributed by atoms with E-state index < -0.39 is 11.0 Å². The summed E-state index contributed by atoms with van der Waals surface area (Å²) in [5.74, 6) is 2.20. The zero-order chi connectivity index (χ0) is 17.5. The largest absolute Gasteiger partial charge is 0.390 e. The van der Waals surface area contributed by atoms with Crippen molar-refractivity contribution in [2.24, 2.45) is 0 Å². The molecule has 0 fully saturated rings. The summed E-state index contributed by atoms with van der Waals surface area (Å²) in [5.41, 5.74) is 0.738. The minimum Gasteiger partial charge on any atom is -0.390 e. The van der Waals surface area contributed by atoms with E-state index in [1.54, 1.807) is 12.1 Å². The molecule has 2 rings (SSSR count). The van der Waals surface area contributed by atoms with E-state index in [4.69, 9.17) is 6.42 Å². The highest BCUT2D eigenvalue weighted by Crippen LogP contribution is 2.10.